The first-order valence-electron chi connectivity index (χ1n) is 7.79. The number of rotatable bonds is 3. The first-order chi connectivity index (χ1) is 11.4. The molecule has 1 fully saturated rings. The van der Waals surface area contributed by atoms with E-state index in [4.69, 9.17) is 10.5 Å². The van der Waals surface area contributed by atoms with Crippen LogP contribution >= 0.6 is 11.3 Å². The summed E-state index contributed by atoms with van der Waals surface area (Å²) in [4.78, 5) is 27.4. The Kier molecular flexibility index (Phi) is 4.68. The SMILES string of the molecule is CC1CN(C(=O)Cn2nc(-c3cccs3)cc(N)c2=O)CC(C)O1. The molecule has 2 aromatic rings. The van der Waals surface area contributed by atoms with Gasteiger partial charge in [-0.2, -0.15) is 5.10 Å². The van der Waals surface area contributed by atoms with Crippen LogP contribution in [0.3, 0.4) is 0 Å². The molecule has 0 radical (unpaired) electrons. The number of hydrogen-bond donors (Lipinski definition) is 1. The van der Waals surface area contributed by atoms with Crippen molar-refractivity contribution in [3.63, 3.8) is 0 Å². The van der Waals surface area contributed by atoms with Crippen LogP contribution in [0.1, 0.15) is 13.8 Å². The van der Waals surface area contributed by atoms with E-state index >= 15 is 0 Å². The molecule has 24 heavy (non-hydrogen) atoms. The third-order valence-corrected chi connectivity index (χ3v) is 4.73. The molecule has 1 aliphatic heterocycles. The average molecular weight is 348 g/mol. The monoisotopic (exact) mass is 348 g/mol. The molecule has 7 nitrogen and oxygen atoms in total. The number of amides is 1. The zero-order chi connectivity index (χ0) is 17.3. The standard InChI is InChI=1S/C16H20N4O3S/c1-10-7-19(8-11(2)23-10)15(21)9-20-16(22)12(17)6-13(18-20)14-4-3-5-24-14/h3-6,10-11H,7-9,17H2,1-2H3. The number of thiophene rings is 1. The lowest BCUT2D eigenvalue weighted by atomic mass is 10.2. The third kappa shape index (κ3) is 3.49. The second-order valence-corrected chi connectivity index (χ2v) is 6.93. The molecule has 2 aromatic heterocycles. The molecule has 0 aliphatic carbocycles. The van der Waals surface area contributed by atoms with Gasteiger partial charge in [0, 0.05) is 13.1 Å². The van der Waals surface area contributed by atoms with Crippen molar-refractivity contribution in [2.45, 2.75) is 32.6 Å². The third-order valence-electron chi connectivity index (χ3n) is 3.83. The van der Waals surface area contributed by atoms with Crippen LogP contribution in [0.4, 0.5) is 5.69 Å². The van der Waals surface area contributed by atoms with Crippen molar-refractivity contribution in [3.05, 3.63) is 33.9 Å². The summed E-state index contributed by atoms with van der Waals surface area (Å²) in [5.41, 5.74) is 6.05. The van der Waals surface area contributed by atoms with Gasteiger partial charge < -0.3 is 15.4 Å². The highest BCUT2D eigenvalue weighted by Gasteiger charge is 2.26. The second-order valence-electron chi connectivity index (χ2n) is 5.98. The highest BCUT2D eigenvalue weighted by Crippen LogP contribution is 2.22. The first-order valence-corrected chi connectivity index (χ1v) is 8.66. The summed E-state index contributed by atoms with van der Waals surface area (Å²) < 4.78 is 6.78. The molecule has 1 saturated heterocycles. The fourth-order valence-corrected chi connectivity index (χ4v) is 3.51. The molecular weight excluding hydrogens is 328 g/mol. The molecule has 2 N–H and O–H groups in total. The normalized spacial score (nSPS) is 21.0. The predicted molar refractivity (Wildman–Crippen MR) is 92.8 cm³/mol. The van der Waals surface area contributed by atoms with Crippen molar-refractivity contribution >= 4 is 22.9 Å². The summed E-state index contributed by atoms with van der Waals surface area (Å²) >= 11 is 1.50. The van der Waals surface area contributed by atoms with Crippen LogP contribution in [0.15, 0.2) is 28.4 Å². The van der Waals surface area contributed by atoms with Gasteiger partial charge in [-0.15, -0.1) is 11.3 Å². The number of hydrogen-bond acceptors (Lipinski definition) is 6. The smallest absolute Gasteiger partial charge is 0.290 e. The van der Waals surface area contributed by atoms with Gasteiger partial charge in [-0.05, 0) is 31.4 Å². The highest BCUT2D eigenvalue weighted by atomic mass is 32.1. The lowest BCUT2D eigenvalue weighted by Crippen LogP contribution is -2.49. The molecule has 2 atom stereocenters. The lowest BCUT2D eigenvalue weighted by Gasteiger charge is -2.35. The molecule has 1 amide bonds. The van der Waals surface area contributed by atoms with Crippen LogP contribution in [0.5, 0.6) is 0 Å². The van der Waals surface area contributed by atoms with Crippen molar-refractivity contribution in [1.82, 2.24) is 14.7 Å². The number of ether oxygens (including phenoxy) is 1. The van der Waals surface area contributed by atoms with Crippen molar-refractivity contribution in [1.29, 1.82) is 0 Å². The van der Waals surface area contributed by atoms with Crippen molar-refractivity contribution in [2.75, 3.05) is 18.8 Å². The van der Waals surface area contributed by atoms with E-state index in [1.807, 2.05) is 31.4 Å². The molecule has 128 valence electrons. The number of aromatic nitrogens is 2. The van der Waals surface area contributed by atoms with E-state index in [-0.39, 0.29) is 30.3 Å². The minimum atomic E-state index is -0.446. The average Bonchev–Trinajstić information content (AvgIpc) is 3.05. The van der Waals surface area contributed by atoms with Crippen LogP contribution in [-0.4, -0.2) is 45.9 Å². The van der Waals surface area contributed by atoms with E-state index < -0.39 is 5.56 Å². The van der Waals surface area contributed by atoms with E-state index in [0.29, 0.717) is 18.8 Å². The molecule has 0 saturated carbocycles. The summed E-state index contributed by atoms with van der Waals surface area (Å²) in [6.07, 6.45) is -0.0465. The van der Waals surface area contributed by atoms with E-state index in [2.05, 4.69) is 5.10 Å². The summed E-state index contributed by atoms with van der Waals surface area (Å²) in [6, 6.07) is 5.34. The van der Waals surface area contributed by atoms with Crippen molar-refractivity contribution in [3.8, 4) is 10.6 Å². The Labute approximate surface area is 143 Å². The van der Waals surface area contributed by atoms with Gasteiger partial charge in [0.05, 0.1) is 17.1 Å². The zero-order valence-corrected chi connectivity index (χ0v) is 14.5. The van der Waals surface area contributed by atoms with E-state index in [0.717, 1.165) is 9.56 Å². The fourth-order valence-electron chi connectivity index (χ4n) is 2.82. The maximum atomic E-state index is 12.6. The Morgan fingerprint density at radius 1 is 1.42 bits per heavy atom. The number of anilines is 1. The summed E-state index contributed by atoms with van der Waals surface area (Å²) in [7, 11) is 0. The van der Waals surface area contributed by atoms with Gasteiger partial charge in [-0.25, -0.2) is 4.68 Å². The van der Waals surface area contributed by atoms with Crippen LogP contribution < -0.4 is 11.3 Å². The van der Waals surface area contributed by atoms with Crippen LogP contribution in [0.2, 0.25) is 0 Å². The number of nitrogen functional groups attached to an aromatic ring is 1. The van der Waals surface area contributed by atoms with Gasteiger partial charge in [-0.1, -0.05) is 6.07 Å². The Bertz CT molecular complexity index is 777. The number of nitrogens with two attached hydrogens (primary N) is 1. The number of carbonyl (C=O) groups excluding carboxylic acids is 1. The Hall–Kier alpha value is -2.19. The molecule has 3 rings (SSSR count). The molecule has 2 unspecified atom stereocenters. The van der Waals surface area contributed by atoms with Gasteiger partial charge in [-0.3, -0.25) is 9.59 Å². The van der Waals surface area contributed by atoms with Gasteiger partial charge in [0.25, 0.3) is 5.56 Å². The van der Waals surface area contributed by atoms with Crippen LogP contribution in [0.25, 0.3) is 10.6 Å². The lowest BCUT2D eigenvalue weighted by molar-refractivity contribution is -0.144. The maximum Gasteiger partial charge on any atom is 0.290 e. The quantitative estimate of drug-likeness (QED) is 0.900. The van der Waals surface area contributed by atoms with Gasteiger partial charge in [0.1, 0.15) is 17.9 Å². The Morgan fingerprint density at radius 2 is 2.12 bits per heavy atom. The summed E-state index contributed by atoms with van der Waals surface area (Å²) in [6.45, 7) is 4.75. The van der Waals surface area contributed by atoms with Crippen molar-refractivity contribution in [2.24, 2.45) is 0 Å². The van der Waals surface area contributed by atoms with E-state index in [1.165, 1.54) is 11.3 Å². The molecule has 1 aliphatic rings. The van der Waals surface area contributed by atoms with Crippen molar-refractivity contribution < 1.29 is 9.53 Å². The molecule has 8 heteroatoms. The van der Waals surface area contributed by atoms with Gasteiger partial charge in [0.15, 0.2) is 0 Å². The number of nitrogens with zero attached hydrogens (tertiary/aromatic N) is 3. The van der Waals surface area contributed by atoms with E-state index in [9.17, 15) is 9.59 Å². The van der Waals surface area contributed by atoms with Crippen LogP contribution in [-0.2, 0) is 16.1 Å². The number of carbonyl (C=O) groups is 1. The fraction of sp³-hybridized carbons (Fsp3) is 0.438. The number of morpholine rings is 1. The Balaban J connectivity index is 1.84. The molecule has 0 aromatic carbocycles. The van der Waals surface area contributed by atoms with Crippen LogP contribution in [0, 0.1) is 0 Å². The summed E-state index contributed by atoms with van der Waals surface area (Å²) in [5, 5.41) is 6.23. The molecule has 0 bridgehead atoms. The Morgan fingerprint density at radius 3 is 2.75 bits per heavy atom. The summed E-state index contributed by atoms with van der Waals surface area (Å²) in [5.74, 6) is -0.158. The maximum absolute atomic E-state index is 12.6. The molecular formula is C16H20N4O3S. The van der Waals surface area contributed by atoms with E-state index in [1.54, 1.807) is 11.0 Å². The van der Waals surface area contributed by atoms with Gasteiger partial charge in [0.2, 0.25) is 5.91 Å². The second kappa shape index (κ2) is 6.74. The topological polar surface area (TPSA) is 90.5 Å². The zero-order valence-electron chi connectivity index (χ0n) is 13.6. The predicted octanol–water partition coefficient (Wildman–Crippen LogP) is 1.19. The molecule has 3 heterocycles. The largest absolute Gasteiger partial charge is 0.394 e. The highest BCUT2D eigenvalue weighted by molar-refractivity contribution is 7.13. The van der Waals surface area contributed by atoms with Gasteiger partial charge >= 0.3 is 0 Å². The first kappa shape index (κ1) is 16.7. The molecule has 0 spiro atoms. The minimum Gasteiger partial charge on any atom is -0.394 e. The minimum absolute atomic E-state index is 0.0232.